The summed E-state index contributed by atoms with van der Waals surface area (Å²) in [4.78, 5) is 21.6. The maximum absolute atomic E-state index is 12.5. The molecule has 5 nitrogen and oxygen atoms in total. The molecule has 0 atom stereocenters. The van der Waals surface area contributed by atoms with Gasteiger partial charge in [0.05, 0.1) is 4.53 Å². The predicted octanol–water partition coefficient (Wildman–Crippen LogP) is 2.07. The summed E-state index contributed by atoms with van der Waals surface area (Å²) in [6, 6.07) is 11.7. The minimum absolute atomic E-state index is 0.153. The van der Waals surface area contributed by atoms with Crippen molar-refractivity contribution in [2.24, 2.45) is 0 Å². The Kier molecular flexibility index (Phi) is 3.24. The van der Waals surface area contributed by atoms with Crippen molar-refractivity contribution in [3.63, 3.8) is 0 Å². The summed E-state index contributed by atoms with van der Waals surface area (Å²) < 4.78 is 1.96. The van der Waals surface area contributed by atoms with E-state index in [4.69, 9.17) is 0 Å². The van der Waals surface area contributed by atoms with E-state index in [1.54, 1.807) is 12.4 Å². The molecule has 3 aromatic heterocycles. The van der Waals surface area contributed by atoms with Crippen molar-refractivity contribution in [1.29, 1.82) is 0 Å². The Bertz CT molecular complexity index is 1080. The number of hydrogen-bond donors (Lipinski definition) is 0. The number of rotatable bonds is 2. The largest absolute Gasteiger partial charge is 0.291 e. The predicted molar refractivity (Wildman–Crippen MR) is 90.3 cm³/mol. The highest BCUT2D eigenvalue weighted by molar-refractivity contribution is 7.15. The summed E-state index contributed by atoms with van der Waals surface area (Å²) in [6.45, 7) is 2.03. The number of aryl methyl sites for hydroxylation is 1. The van der Waals surface area contributed by atoms with Crippen molar-refractivity contribution in [3.8, 4) is 11.4 Å². The minimum Gasteiger partial charge on any atom is -0.266 e. The second-order valence-corrected chi connectivity index (χ2v) is 6.21. The summed E-state index contributed by atoms with van der Waals surface area (Å²) >= 11 is 1.33. The van der Waals surface area contributed by atoms with Gasteiger partial charge in [0.15, 0.2) is 5.82 Å². The van der Waals surface area contributed by atoms with Crippen molar-refractivity contribution in [1.82, 2.24) is 19.6 Å². The van der Waals surface area contributed by atoms with Gasteiger partial charge in [-0.1, -0.05) is 47.2 Å². The van der Waals surface area contributed by atoms with Gasteiger partial charge in [-0.05, 0) is 24.6 Å². The van der Waals surface area contributed by atoms with E-state index < -0.39 is 0 Å². The summed E-state index contributed by atoms with van der Waals surface area (Å²) in [5.74, 6) is 0.571. The first-order valence-electron chi connectivity index (χ1n) is 7.09. The Labute approximate surface area is 135 Å². The highest BCUT2D eigenvalue weighted by atomic mass is 32.1. The lowest BCUT2D eigenvalue weighted by Gasteiger charge is -1.95. The number of fused-ring (bicyclic) bond motifs is 1. The summed E-state index contributed by atoms with van der Waals surface area (Å²) in [7, 11) is 0. The molecule has 0 fully saturated rings. The van der Waals surface area contributed by atoms with Crippen LogP contribution in [-0.4, -0.2) is 19.6 Å². The van der Waals surface area contributed by atoms with Crippen LogP contribution in [0.5, 0.6) is 0 Å². The molecule has 0 unspecified atom stereocenters. The monoisotopic (exact) mass is 320 g/mol. The number of nitrogens with zero attached hydrogens (tertiary/aromatic N) is 4. The van der Waals surface area contributed by atoms with Crippen LogP contribution in [0.1, 0.15) is 11.1 Å². The van der Waals surface area contributed by atoms with Gasteiger partial charge < -0.3 is 0 Å². The fourth-order valence-corrected chi connectivity index (χ4v) is 3.18. The molecule has 0 aliphatic carbocycles. The van der Waals surface area contributed by atoms with Gasteiger partial charge in [-0.3, -0.25) is 9.78 Å². The Morgan fingerprint density at radius 2 is 2.00 bits per heavy atom. The van der Waals surface area contributed by atoms with Crippen LogP contribution in [0.4, 0.5) is 0 Å². The van der Waals surface area contributed by atoms with Crippen LogP contribution >= 0.6 is 11.3 Å². The van der Waals surface area contributed by atoms with Gasteiger partial charge in [0.25, 0.3) is 5.56 Å². The third-order valence-electron chi connectivity index (χ3n) is 3.47. The molecule has 0 aliphatic heterocycles. The van der Waals surface area contributed by atoms with E-state index in [-0.39, 0.29) is 5.56 Å². The van der Waals surface area contributed by atoms with Gasteiger partial charge in [0.1, 0.15) is 0 Å². The van der Waals surface area contributed by atoms with Crippen LogP contribution in [0.15, 0.2) is 53.6 Å². The first-order valence-corrected chi connectivity index (χ1v) is 7.91. The molecular weight excluding hydrogens is 308 g/mol. The number of hydrogen-bond acceptors (Lipinski definition) is 5. The topological polar surface area (TPSA) is 60.2 Å². The molecule has 0 saturated carbocycles. The fourth-order valence-electron chi connectivity index (χ4n) is 2.27. The van der Waals surface area contributed by atoms with Crippen LogP contribution in [0, 0.1) is 6.92 Å². The van der Waals surface area contributed by atoms with Crippen LogP contribution in [0.25, 0.3) is 22.4 Å². The number of thiazole rings is 1. The zero-order valence-electron chi connectivity index (χ0n) is 12.3. The Morgan fingerprint density at radius 3 is 2.70 bits per heavy atom. The van der Waals surface area contributed by atoms with Crippen molar-refractivity contribution in [2.45, 2.75) is 6.92 Å². The Hall–Kier alpha value is -2.86. The normalized spacial score (nSPS) is 12.1. The van der Waals surface area contributed by atoms with Gasteiger partial charge in [-0.25, -0.2) is 0 Å². The molecule has 0 aliphatic rings. The molecule has 1 aromatic carbocycles. The second-order valence-electron chi connectivity index (χ2n) is 5.20. The maximum Gasteiger partial charge on any atom is 0.291 e. The first kappa shape index (κ1) is 13.8. The number of benzene rings is 1. The molecule has 0 N–H and O–H groups in total. The zero-order valence-corrected chi connectivity index (χ0v) is 13.1. The average Bonchev–Trinajstić information content (AvgIpc) is 3.10. The molecule has 4 aromatic rings. The fraction of sp³-hybridized carbons (Fsp3) is 0.0588. The number of aromatic nitrogens is 4. The zero-order chi connectivity index (χ0) is 15.8. The maximum atomic E-state index is 12.5. The summed E-state index contributed by atoms with van der Waals surface area (Å²) in [5, 5.41) is 4.34. The molecule has 23 heavy (non-hydrogen) atoms. The average molecular weight is 320 g/mol. The molecule has 6 heteroatoms. The molecular formula is C17H12N4OS. The van der Waals surface area contributed by atoms with E-state index >= 15 is 0 Å². The lowest BCUT2D eigenvalue weighted by atomic mass is 10.1. The van der Waals surface area contributed by atoms with E-state index in [2.05, 4.69) is 15.1 Å². The lowest BCUT2D eigenvalue weighted by molar-refractivity contribution is 0.937. The van der Waals surface area contributed by atoms with Crippen molar-refractivity contribution >= 4 is 22.4 Å². The highest BCUT2D eigenvalue weighted by Crippen LogP contribution is 2.16. The van der Waals surface area contributed by atoms with Gasteiger partial charge in [-0.15, -0.1) is 5.10 Å². The van der Waals surface area contributed by atoms with Gasteiger partial charge in [0, 0.05) is 18.0 Å². The molecule has 4 rings (SSSR count). The van der Waals surface area contributed by atoms with E-state index in [1.807, 2.05) is 49.4 Å². The molecule has 0 bridgehead atoms. The standard InChI is InChI=1S/C17H12N4OS/c1-11-4-6-13(7-5-11)15-19-17-21(20-15)16(22)14(23-17)9-12-3-2-8-18-10-12/h2-10H,1H3/b14-9-. The van der Waals surface area contributed by atoms with E-state index in [1.165, 1.54) is 21.4 Å². The summed E-state index contributed by atoms with van der Waals surface area (Å²) in [5.41, 5.74) is 2.81. The molecule has 112 valence electrons. The quantitative estimate of drug-likeness (QED) is 0.567. The lowest BCUT2D eigenvalue weighted by Crippen LogP contribution is -2.23. The van der Waals surface area contributed by atoms with Crippen LogP contribution in [0.2, 0.25) is 0 Å². The number of pyridine rings is 1. The molecule has 3 heterocycles. The Morgan fingerprint density at radius 1 is 1.17 bits per heavy atom. The molecule has 0 radical (unpaired) electrons. The van der Waals surface area contributed by atoms with Gasteiger partial charge in [-0.2, -0.15) is 9.50 Å². The summed E-state index contributed by atoms with van der Waals surface area (Å²) in [6.07, 6.45) is 5.22. The van der Waals surface area contributed by atoms with Crippen LogP contribution in [-0.2, 0) is 0 Å². The van der Waals surface area contributed by atoms with Crippen molar-refractivity contribution in [3.05, 3.63) is 74.8 Å². The van der Waals surface area contributed by atoms with Gasteiger partial charge >= 0.3 is 0 Å². The highest BCUT2D eigenvalue weighted by Gasteiger charge is 2.11. The van der Waals surface area contributed by atoms with E-state index in [0.717, 1.165) is 11.1 Å². The smallest absolute Gasteiger partial charge is 0.266 e. The van der Waals surface area contributed by atoms with Gasteiger partial charge in [0.2, 0.25) is 4.96 Å². The van der Waals surface area contributed by atoms with E-state index in [0.29, 0.717) is 15.3 Å². The molecule has 0 amide bonds. The second kappa shape index (κ2) is 5.40. The first-order chi connectivity index (χ1) is 11.2. The third-order valence-corrected chi connectivity index (χ3v) is 4.43. The third kappa shape index (κ3) is 2.53. The minimum atomic E-state index is -0.153. The molecule has 0 saturated heterocycles. The SMILES string of the molecule is Cc1ccc(-c2nc3s/c(=C\c4cccnc4)c(=O)n3n2)cc1. The van der Waals surface area contributed by atoms with Crippen molar-refractivity contribution < 1.29 is 0 Å². The van der Waals surface area contributed by atoms with Crippen LogP contribution in [0.3, 0.4) is 0 Å². The van der Waals surface area contributed by atoms with Crippen molar-refractivity contribution in [2.75, 3.05) is 0 Å². The van der Waals surface area contributed by atoms with Crippen LogP contribution < -0.4 is 10.1 Å². The Balaban J connectivity index is 1.82. The molecule has 0 spiro atoms. The van der Waals surface area contributed by atoms with E-state index in [9.17, 15) is 4.79 Å².